The van der Waals surface area contributed by atoms with Crippen LogP contribution in [0.1, 0.15) is 16.7 Å². The lowest BCUT2D eigenvalue weighted by atomic mass is 10.1. The normalized spacial score (nSPS) is 12.7. The van der Waals surface area contributed by atoms with Crippen molar-refractivity contribution in [3.8, 4) is 0 Å². The van der Waals surface area contributed by atoms with Crippen molar-refractivity contribution in [1.82, 2.24) is 0 Å². The summed E-state index contributed by atoms with van der Waals surface area (Å²) in [7, 11) is 0. The molecular weight excluding hydrogens is 413 g/mol. The second kappa shape index (κ2) is 8.17. The number of hydrogen-bond acceptors (Lipinski definition) is 1. The molecule has 0 radical (unpaired) electrons. The Morgan fingerprint density at radius 2 is 1.20 bits per heavy atom. The van der Waals surface area contributed by atoms with Crippen molar-refractivity contribution in [1.29, 1.82) is 0 Å². The molecule has 0 saturated heterocycles. The fourth-order valence-electron chi connectivity index (χ4n) is 2.67. The van der Waals surface area contributed by atoms with E-state index in [0.29, 0.717) is 0 Å². The van der Waals surface area contributed by atoms with E-state index in [1.807, 2.05) is 0 Å². The number of hydrogen-bond donors (Lipinski definition) is 1. The van der Waals surface area contributed by atoms with Gasteiger partial charge in [0.2, 0.25) is 0 Å². The SMILES string of the molecule is Fc1ccc(C(=Nc2ccccc2C(F)(F)F)Nc2ccccc2C(F)(F)F)cc1. The van der Waals surface area contributed by atoms with E-state index in [1.54, 1.807) is 0 Å². The maximum Gasteiger partial charge on any atom is 0.418 e. The minimum Gasteiger partial charge on any atom is -0.339 e. The van der Waals surface area contributed by atoms with Crippen LogP contribution < -0.4 is 5.32 Å². The molecule has 0 fully saturated rings. The van der Waals surface area contributed by atoms with Crippen molar-refractivity contribution >= 4 is 17.2 Å². The number of rotatable bonds is 3. The van der Waals surface area contributed by atoms with Gasteiger partial charge in [-0.25, -0.2) is 9.38 Å². The van der Waals surface area contributed by atoms with Gasteiger partial charge in [0.05, 0.1) is 22.5 Å². The van der Waals surface area contributed by atoms with Crippen LogP contribution in [0.3, 0.4) is 0 Å². The zero-order valence-corrected chi connectivity index (χ0v) is 15.0. The first-order valence-corrected chi connectivity index (χ1v) is 8.50. The van der Waals surface area contributed by atoms with Crippen molar-refractivity contribution in [2.45, 2.75) is 12.4 Å². The first-order valence-electron chi connectivity index (χ1n) is 8.50. The summed E-state index contributed by atoms with van der Waals surface area (Å²) in [4.78, 5) is 3.94. The molecule has 0 aliphatic carbocycles. The summed E-state index contributed by atoms with van der Waals surface area (Å²) >= 11 is 0. The van der Waals surface area contributed by atoms with Crippen molar-refractivity contribution < 1.29 is 30.7 Å². The summed E-state index contributed by atoms with van der Waals surface area (Å²) in [5.74, 6) is -0.923. The van der Waals surface area contributed by atoms with E-state index in [2.05, 4.69) is 10.3 Å². The van der Waals surface area contributed by atoms with Gasteiger partial charge in [0.1, 0.15) is 11.7 Å². The number of amidine groups is 1. The number of aliphatic imine (C=N–C) groups is 1. The second-order valence-electron chi connectivity index (χ2n) is 6.15. The van der Waals surface area contributed by atoms with E-state index in [4.69, 9.17) is 0 Å². The number of anilines is 1. The third-order valence-corrected chi connectivity index (χ3v) is 4.04. The molecule has 0 atom stereocenters. The Balaban J connectivity index is 2.15. The zero-order valence-electron chi connectivity index (χ0n) is 15.0. The molecule has 0 spiro atoms. The highest BCUT2D eigenvalue weighted by atomic mass is 19.4. The Kier molecular flexibility index (Phi) is 5.82. The predicted octanol–water partition coefficient (Wildman–Crippen LogP) is 7.05. The summed E-state index contributed by atoms with van der Waals surface area (Å²) in [5.41, 5.74) is -2.89. The topological polar surface area (TPSA) is 24.4 Å². The summed E-state index contributed by atoms with van der Waals surface area (Å²) in [6.07, 6.45) is -9.43. The van der Waals surface area contributed by atoms with Gasteiger partial charge in [-0.05, 0) is 48.5 Å². The van der Waals surface area contributed by atoms with Gasteiger partial charge in [0, 0.05) is 5.56 Å². The van der Waals surface area contributed by atoms with Gasteiger partial charge >= 0.3 is 12.4 Å². The van der Waals surface area contributed by atoms with E-state index in [1.165, 1.54) is 36.4 Å². The number of alkyl halides is 6. The Bertz CT molecular complexity index is 1050. The fourth-order valence-corrected chi connectivity index (χ4v) is 2.67. The molecule has 3 aromatic carbocycles. The quantitative estimate of drug-likeness (QED) is 0.271. The Hall–Kier alpha value is -3.36. The predicted molar refractivity (Wildman–Crippen MR) is 99.1 cm³/mol. The fraction of sp³-hybridized carbons (Fsp3) is 0.0952. The monoisotopic (exact) mass is 426 g/mol. The minimum absolute atomic E-state index is 0.102. The molecule has 0 amide bonds. The standard InChI is InChI=1S/C21H13F7N2/c22-14-11-9-13(10-12-14)19(29-17-7-3-1-5-15(17)20(23,24)25)30-18-8-4-2-6-16(18)21(26,27)28/h1-12H,(H,29,30). The first-order chi connectivity index (χ1) is 14.1. The highest BCUT2D eigenvalue weighted by molar-refractivity contribution is 6.09. The molecule has 30 heavy (non-hydrogen) atoms. The zero-order chi connectivity index (χ0) is 21.9. The van der Waals surface area contributed by atoms with E-state index in [0.717, 1.165) is 36.4 Å². The Morgan fingerprint density at radius 1 is 0.667 bits per heavy atom. The number of para-hydroxylation sites is 2. The summed E-state index contributed by atoms with van der Waals surface area (Å²) in [6, 6.07) is 13.3. The van der Waals surface area contributed by atoms with Gasteiger partial charge in [-0.1, -0.05) is 24.3 Å². The maximum absolute atomic E-state index is 13.3. The number of benzene rings is 3. The summed E-state index contributed by atoms with van der Waals surface area (Å²) in [5, 5.41) is 2.46. The van der Waals surface area contributed by atoms with Crippen LogP contribution in [0.25, 0.3) is 0 Å². The molecular formula is C21H13F7N2. The van der Waals surface area contributed by atoms with Crippen LogP contribution in [0.5, 0.6) is 0 Å². The van der Waals surface area contributed by atoms with Gasteiger partial charge in [-0.3, -0.25) is 0 Å². The van der Waals surface area contributed by atoms with Crippen LogP contribution in [-0.4, -0.2) is 5.84 Å². The molecule has 156 valence electrons. The molecule has 0 aliphatic rings. The summed E-state index contributed by atoms with van der Waals surface area (Å²) in [6.45, 7) is 0. The van der Waals surface area contributed by atoms with Crippen molar-refractivity contribution in [3.63, 3.8) is 0 Å². The minimum atomic E-state index is -4.72. The third kappa shape index (κ3) is 4.97. The maximum atomic E-state index is 13.3. The third-order valence-electron chi connectivity index (χ3n) is 4.04. The lowest BCUT2D eigenvalue weighted by molar-refractivity contribution is -0.137. The van der Waals surface area contributed by atoms with E-state index >= 15 is 0 Å². The molecule has 9 heteroatoms. The highest BCUT2D eigenvalue weighted by Crippen LogP contribution is 2.37. The summed E-state index contributed by atoms with van der Waals surface area (Å²) < 4.78 is 93.2. The highest BCUT2D eigenvalue weighted by Gasteiger charge is 2.34. The van der Waals surface area contributed by atoms with Crippen LogP contribution in [0.4, 0.5) is 42.1 Å². The lowest BCUT2D eigenvalue weighted by Crippen LogP contribution is -2.18. The molecule has 0 saturated carbocycles. The Morgan fingerprint density at radius 3 is 1.80 bits per heavy atom. The van der Waals surface area contributed by atoms with Crippen LogP contribution in [0, 0.1) is 5.82 Å². The molecule has 0 aromatic heterocycles. The molecule has 3 aromatic rings. The average Bonchev–Trinajstić information content (AvgIpc) is 2.67. The molecule has 0 aliphatic heterocycles. The molecule has 0 heterocycles. The molecule has 1 N–H and O–H groups in total. The molecule has 2 nitrogen and oxygen atoms in total. The average molecular weight is 426 g/mol. The number of halogens is 7. The second-order valence-corrected chi connectivity index (χ2v) is 6.15. The van der Waals surface area contributed by atoms with Gasteiger partial charge in [0.25, 0.3) is 0 Å². The van der Waals surface area contributed by atoms with Gasteiger partial charge in [-0.2, -0.15) is 26.3 Å². The van der Waals surface area contributed by atoms with Gasteiger partial charge in [-0.15, -0.1) is 0 Å². The molecule has 3 rings (SSSR count). The van der Waals surface area contributed by atoms with E-state index < -0.39 is 40.7 Å². The van der Waals surface area contributed by atoms with Crippen LogP contribution in [0.15, 0.2) is 77.8 Å². The van der Waals surface area contributed by atoms with Crippen molar-refractivity contribution in [2.24, 2.45) is 4.99 Å². The Labute approximate surface area is 166 Å². The number of nitrogens with zero attached hydrogens (tertiary/aromatic N) is 1. The van der Waals surface area contributed by atoms with Crippen molar-refractivity contribution in [3.05, 3.63) is 95.3 Å². The largest absolute Gasteiger partial charge is 0.418 e. The van der Waals surface area contributed by atoms with E-state index in [9.17, 15) is 30.7 Å². The molecule has 0 unspecified atom stereocenters. The molecule has 0 bridgehead atoms. The smallest absolute Gasteiger partial charge is 0.339 e. The first kappa shape index (κ1) is 21.4. The van der Waals surface area contributed by atoms with Crippen molar-refractivity contribution in [2.75, 3.05) is 5.32 Å². The lowest BCUT2D eigenvalue weighted by Gasteiger charge is -2.17. The van der Waals surface area contributed by atoms with E-state index in [-0.39, 0.29) is 11.4 Å². The van der Waals surface area contributed by atoms with Gasteiger partial charge < -0.3 is 5.32 Å². The van der Waals surface area contributed by atoms with Crippen LogP contribution >= 0.6 is 0 Å². The van der Waals surface area contributed by atoms with Gasteiger partial charge in [0.15, 0.2) is 0 Å². The van der Waals surface area contributed by atoms with Crippen LogP contribution in [0.2, 0.25) is 0 Å². The number of nitrogens with one attached hydrogen (secondary N) is 1. The van der Waals surface area contributed by atoms with Crippen LogP contribution in [-0.2, 0) is 12.4 Å².